The van der Waals surface area contributed by atoms with E-state index in [1.165, 1.54) is 29.2 Å². The highest BCUT2D eigenvalue weighted by atomic mass is 35.5. The summed E-state index contributed by atoms with van der Waals surface area (Å²) in [5.41, 5.74) is 0.505. The molecule has 0 radical (unpaired) electrons. The molecular weight excluding hydrogens is 550 g/mol. The summed E-state index contributed by atoms with van der Waals surface area (Å²) in [6.07, 6.45) is 0.00431. The van der Waals surface area contributed by atoms with Gasteiger partial charge in [0.15, 0.2) is 0 Å². The average molecular weight is 564 g/mol. The van der Waals surface area contributed by atoms with E-state index in [2.05, 4.69) is 0 Å². The summed E-state index contributed by atoms with van der Waals surface area (Å²) in [7, 11) is 0. The molecule has 1 fully saturated rings. The molecule has 2 aliphatic rings. The summed E-state index contributed by atoms with van der Waals surface area (Å²) in [6.45, 7) is 0.179. The van der Waals surface area contributed by atoms with Gasteiger partial charge in [0.05, 0.1) is 42.8 Å². The van der Waals surface area contributed by atoms with Crippen LogP contribution in [-0.4, -0.2) is 30.2 Å². The molecule has 0 N–H and O–H groups in total. The number of amides is 3. The van der Waals surface area contributed by atoms with Crippen molar-refractivity contribution in [3.05, 3.63) is 85.8 Å². The minimum atomic E-state index is -0.746. The lowest BCUT2D eigenvalue weighted by atomic mass is 10.1. The fourth-order valence-corrected chi connectivity index (χ4v) is 5.21. The van der Waals surface area contributed by atoms with E-state index in [0.717, 1.165) is 4.90 Å². The Morgan fingerprint density at radius 3 is 1.97 bits per heavy atom. The molecule has 11 heteroatoms. The Hall–Kier alpha value is -3.10. The SMILES string of the molecule is O=C(Oc1cccc(N2C(=O)c3c(Cl)c(Cl)c(Cl)c(Cl)c3C2=O)c1)[C@H]1CC(=O)N(c2ccccc2)C1. The van der Waals surface area contributed by atoms with Crippen molar-refractivity contribution in [2.24, 2.45) is 5.92 Å². The highest BCUT2D eigenvalue weighted by molar-refractivity contribution is 6.56. The van der Waals surface area contributed by atoms with Gasteiger partial charge in [-0.2, -0.15) is 0 Å². The normalized spacial score (nSPS) is 17.1. The van der Waals surface area contributed by atoms with Crippen molar-refractivity contribution in [2.75, 3.05) is 16.3 Å². The molecule has 5 rings (SSSR count). The Bertz CT molecular complexity index is 1410. The quantitative estimate of drug-likeness (QED) is 0.127. The minimum absolute atomic E-state index is 0.00431. The molecule has 36 heavy (non-hydrogen) atoms. The molecule has 1 atom stereocenters. The Balaban J connectivity index is 1.37. The fraction of sp³-hybridized carbons (Fsp3) is 0.120. The van der Waals surface area contributed by atoms with Crippen LogP contribution in [0.4, 0.5) is 11.4 Å². The van der Waals surface area contributed by atoms with Gasteiger partial charge in [0.1, 0.15) is 5.75 Å². The maximum absolute atomic E-state index is 13.1. The van der Waals surface area contributed by atoms with Gasteiger partial charge in [0.25, 0.3) is 11.8 Å². The van der Waals surface area contributed by atoms with Gasteiger partial charge in [0.2, 0.25) is 5.91 Å². The van der Waals surface area contributed by atoms with E-state index in [0.29, 0.717) is 5.69 Å². The number of fused-ring (bicyclic) bond motifs is 1. The first-order chi connectivity index (χ1) is 17.2. The summed E-state index contributed by atoms with van der Waals surface area (Å²) >= 11 is 24.5. The van der Waals surface area contributed by atoms with Gasteiger partial charge >= 0.3 is 5.97 Å². The Morgan fingerprint density at radius 2 is 1.36 bits per heavy atom. The van der Waals surface area contributed by atoms with Crippen molar-refractivity contribution < 1.29 is 23.9 Å². The number of carbonyl (C=O) groups is 4. The predicted molar refractivity (Wildman–Crippen MR) is 137 cm³/mol. The van der Waals surface area contributed by atoms with Crippen LogP contribution in [0.3, 0.4) is 0 Å². The van der Waals surface area contributed by atoms with E-state index in [1.54, 1.807) is 24.3 Å². The van der Waals surface area contributed by atoms with Crippen LogP contribution in [0.15, 0.2) is 54.6 Å². The van der Waals surface area contributed by atoms with Crippen LogP contribution in [0.2, 0.25) is 20.1 Å². The molecule has 3 aromatic carbocycles. The number of benzene rings is 3. The van der Waals surface area contributed by atoms with E-state index >= 15 is 0 Å². The summed E-state index contributed by atoms with van der Waals surface area (Å²) < 4.78 is 5.50. The number of anilines is 2. The molecule has 0 unspecified atom stereocenters. The zero-order valence-corrected chi connectivity index (χ0v) is 21.2. The van der Waals surface area contributed by atoms with Crippen LogP contribution in [0.25, 0.3) is 0 Å². The maximum atomic E-state index is 13.1. The third kappa shape index (κ3) is 4.02. The van der Waals surface area contributed by atoms with E-state index in [-0.39, 0.29) is 61.5 Å². The molecule has 3 amide bonds. The number of nitrogens with zero attached hydrogens (tertiary/aromatic N) is 2. The third-order valence-corrected chi connectivity index (χ3v) is 7.72. The van der Waals surface area contributed by atoms with Crippen LogP contribution in [0.1, 0.15) is 27.1 Å². The molecular formula is C25H14Cl4N2O5. The maximum Gasteiger partial charge on any atom is 0.316 e. The first-order valence-electron chi connectivity index (χ1n) is 10.6. The zero-order valence-electron chi connectivity index (χ0n) is 18.1. The van der Waals surface area contributed by atoms with E-state index in [4.69, 9.17) is 51.1 Å². The Morgan fingerprint density at radius 1 is 0.778 bits per heavy atom. The minimum Gasteiger partial charge on any atom is -0.426 e. The highest BCUT2D eigenvalue weighted by Gasteiger charge is 2.42. The van der Waals surface area contributed by atoms with Crippen molar-refractivity contribution in [2.45, 2.75) is 6.42 Å². The molecule has 0 bridgehead atoms. The zero-order chi connectivity index (χ0) is 25.7. The van der Waals surface area contributed by atoms with Crippen molar-refractivity contribution >= 4 is 81.5 Å². The number of hydrogen-bond acceptors (Lipinski definition) is 5. The molecule has 0 aromatic heterocycles. The molecule has 0 aliphatic carbocycles. The van der Waals surface area contributed by atoms with Crippen molar-refractivity contribution in [1.82, 2.24) is 0 Å². The van der Waals surface area contributed by atoms with E-state index in [9.17, 15) is 19.2 Å². The number of esters is 1. The van der Waals surface area contributed by atoms with Gasteiger partial charge in [-0.25, -0.2) is 4.90 Å². The highest BCUT2D eigenvalue weighted by Crippen LogP contribution is 2.46. The number of halogens is 4. The fourth-order valence-electron chi connectivity index (χ4n) is 4.19. The number of carbonyl (C=O) groups excluding carboxylic acids is 4. The first kappa shape index (κ1) is 24.6. The lowest BCUT2D eigenvalue weighted by molar-refractivity contribution is -0.139. The summed E-state index contributed by atoms with van der Waals surface area (Å²) in [5.74, 6) is -2.87. The number of imide groups is 1. The average Bonchev–Trinajstić information content (AvgIpc) is 3.39. The van der Waals surface area contributed by atoms with Crippen LogP contribution in [0, 0.1) is 5.92 Å². The van der Waals surface area contributed by atoms with Crippen molar-refractivity contribution in [3.63, 3.8) is 0 Å². The van der Waals surface area contributed by atoms with Crippen LogP contribution < -0.4 is 14.5 Å². The number of rotatable bonds is 4. The Kier molecular flexibility index (Phi) is 6.43. The number of hydrogen-bond donors (Lipinski definition) is 0. The monoisotopic (exact) mass is 562 g/mol. The second-order valence-electron chi connectivity index (χ2n) is 8.11. The molecule has 0 spiro atoms. The number of ether oxygens (including phenoxy) is 1. The van der Waals surface area contributed by atoms with Gasteiger partial charge in [-0.3, -0.25) is 19.2 Å². The third-order valence-electron chi connectivity index (χ3n) is 5.92. The van der Waals surface area contributed by atoms with Gasteiger partial charge in [-0.15, -0.1) is 0 Å². The second kappa shape index (κ2) is 9.41. The molecule has 1 saturated heterocycles. The summed E-state index contributed by atoms with van der Waals surface area (Å²) in [6, 6.07) is 14.9. The lowest BCUT2D eigenvalue weighted by Crippen LogP contribution is -2.29. The smallest absolute Gasteiger partial charge is 0.316 e. The lowest BCUT2D eigenvalue weighted by Gasteiger charge is -2.17. The predicted octanol–water partition coefficient (Wildman–Crippen LogP) is 6.06. The van der Waals surface area contributed by atoms with Gasteiger partial charge in [-0.1, -0.05) is 70.7 Å². The topological polar surface area (TPSA) is 84.0 Å². The Labute approximate surface area is 225 Å². The molecule has 182 valence electrons. The molecule has 2 heterocycles. The second-order valence-corrected chi connectivity index (χ2v) is 9.62. The molecule has 2 aliphatic heterocycles. The standard InChI is InChI=1S/C25H14Cl4N2O5/c26-19-17-18(20(27)22(29)21(19)28)24(34)31(23(17)33)14-7-4-8-15(10-14)36-25(35)12-9-16(32)30(11-12)13-5-2-1-3-6-13/h1-8,10,12H,9,11H2/t12-/m0/s1. The van der Waals surface area contributed by atoms with Crippen LogP contribution in [-0.2, 0) is 9.59 Å². The largest absolute Gasteiger partial charge is 0.426 e. The summed E-state index contributed by atoms with van der Waals surface area (Å²) in [4.78, 5) is 53.9. The summed E-state index contributed by atoms with van der Waals surface area (Å²) in [5, 5.41) is -0.636. The van der Waals surface area contributed by atoms with Gasteiger partial charge < -0.3 is 9.64 Å². The molecule has 0 saturated carbocycles. The van der Waals surface area contributed by atoms with E-state index < -0.39 is 23.7 Å². The molecule has 7 nitrogen and oxygen atoms in total. The number of para-hydroxylation sites is 1. The van der Waals surface area contributed by atoms with Crippen LogP contribution >= 0.6 is 46.4 Å². The van der Waals surface area contributed by atoms with E-state index in [1.807, 2.05) is 6.07 Å². The van der Waals surface area contributed by atoms with Crippen LogP contribution in [0.5, 0.6) is 5.75 Å². The van der Waals surface area contributed by atoms with Gasteiger partial charge in [0, 0.05) is 24.7 Å². The van der Waals surface area contributed by atoms with Crippen molar-refractivity contribution in [3.8, 4) is 5.75 Å². The van der Waals surface area contributed by atoms with Crippen molar-refractivity contribution in [1.29, 1.82) is 0 Å². The van der Waals surface area contributed by atoms with Gasteiger partial charge in [-0.05, 0) is 24.3 Å². The molecule has 3 aromatic rings. The first-order valence-corrected chi connectivity index (χ1v) is 12.1.